The van der Waals surface area contributed by atoms with E-state index >= 15 is 0 Å². The molecule has 0 heterocycles. The molecule has 0 amide bonds. The summed E-state index contributed by atoms with van der Waals surface area (Å²) in [6, 6.07) is 5.16. The SMILES string of the molecule is NC(=S)c1cc(Br)ccc1NS(=O)(=O)CC1CCCCC1. The summed E-state index contributed by atoms with van der Waals surface area (Å²) in [5.74, 6) is 0.416. The second-order valence-corrected chi connectivity index (χ2v) is 8.56. The van der Waals surface area contributed by atoms with E-state index in [1.807, 2.05) is 0 Å². The smallest absolute Gasteiger partial charge is 0.233 e. The summed E-state index contributed by atoms with van der Waals surface area (Å²) in [5, 5.41) is 0. The van der Waals surface area contributed by atoms with E-state index in [0.29, 0.717) is 11.3 Å². The van der Waals surface area contributed by atoms with Crippen LogP contribution in [0.4, 0.5) is 5.69 Å². The van der Waals surface area contributed by atoms with E-state index in [-0.39, 0.29) is 16.7 Å². The van der Waals surface area contributed by atoms with Gasteiger partial charge in [0.05, 0.1) is 11.4 Å². The Balaban J connectivity index is 2.14. The predicted octanol–water partition coefficient (Wildman–Crippen LogP) is 3.41. The summed E-state index contributed by atoms with van der Waals surface area (Å²) in [4.78, 5) is 0.173. The zero-order valence-corrected chi connectivity index (χ0v) is 14.9. The van der Waals surface area contributed by atoms with E-state index in [1.54, 1.807) is 18.2 Å². The minimum atomic E-state index is -3.38. The molecule has 0 aromatic heterocycles. The predicted molar refractivity (Wildman–Crippen MR) is 94.0 cm³/mol. The zero-order chi connectivity index (χ0) is 15.5. The Morgan fingerprint density at radius 3 is 2.62 bits per heavy atom. The molecule has 7 heteroatoms. The van der Waals surface area contributed by atoms with Gasteiger partial charge in [0.15, 0.2) is 0 Å². The van der Waals surface area contributed by atoms with Crippen molar-refractivity contribution < 1.29 is 8.42 Å². The Morgan fingerprint density at radius 2 is 2.00 bits per heavy atom. The van der Waals surface area contributed by atoms with Gasteiger partial charge < -0.3 is 5.73 Å². The van der Waals surface area contributed by atoms with Crippen LogP contribution >= 0.6 is 28.1 Å². The second kappa shape index (κ2) is 7.07. The highest BCUT2D eigenvalue weighted by atomic mass is 79.9. The van der Waals surface area contributed by atoms with Crippen molar-refractivity contribution in [2.75, 3.05) is 10.5 Å². The van der Waals surface area contributed by atoms with Crippen LogP contribution in [0.15, 0.2) is 22.7 Å². The van der Waals surface area contributed by atoms with Crippen molar-refractivity contribution in [2.24, 2.45) is 11.7 Å². The lowest BCUT2D eigenvalue weighted by Crippen LogP contribution is -2.25. The number of hydrogen-bond donors (Lipinski definition) is 2. The van der Waals surface area contributed by atoms with Crippen LogP contribution in [0.2, 0.25) is 0 Å². The molecule has 0 unspecified atom stereocenters. The van der Waals surface area contributed by atoms with E-state index in [0.717, 1.165) is 30.2 Å². The number of rotatable bonds is 5. The maximum atomic E-state index is 12.3. The number of nitrogens with two attached hydrogens (primary N) is 1. The summed E-state index contributed by atoms with van der Waals surface area (Å²) in [6.07, 6.45) is 5.43. The standard InChI is InChI=1S/C14H19BrN2O2S2/c15-11-6-7-13(12(8-11)14(16)20)17-21(18,19)9-10-4-2-1-3-5-10/h6-8,10,17H,1-5,9H2,(H2,16,20). The first-order valence-electron chi connectivity index (χ1n) is 6.97. The third-order valence-corrected chi connectivity index (χ3v) is 5.85. The minimum Gasteiger partial charge on any atom is -0.389 e. The molecular weight excluding hydrogens is 372 g/mol. The summed E-state index contributed by atoms with van der Waals surface area (Å²) in [7, 11) is -3.38. The van der Waals surface area contributed by atoms with Crippen LogP contribution in [-0.4, -0.2) is 19.2 Å². The first-order chi connectivity index (χ1) is 9.87. The molecule has 3 N–H and O–H groups in total. The van der Waals surface area contributed by atoms with Gasteiger partial charge in [0.1, 0.15) is 4.99 Å². The summed E-state index contributed by atoms with van der Waals surface area (Å²) >= 11 is 8.31. The summed E-state index contributed by atoms with van der Waals surface area (Å²) in [5.41, 5.74) is 6.64. The Hall–Kier alpha value is -0.660. The van der Waals surface area contributed by atoms with Crippen LogP contribution in [0.5, 0.6) is 0 Å². The molecule has 0 atom stereocenters. The lowest BCUT2D eigenvalue weighted by Gasteiger charge is -2.22. The van der Waals surface area contributed by atoms with Gasteiger partial charge in [0.25, 0.3) is 0 Å². The van der Waals surface area contributed by atoms with Crippen molar-refractivity contribution in [3.8, 4) is 0 Å². The Bertz CT molecular complexity index is 626. The normalized spacial score (nSPS) is 16.6. The molecule has 0 aliphatic heterocycles. The van der Waals surface area contributed by atoms with Crippen molar-refractivity contribution in [3.63, 3.8) is 0 Å². The Morgan fingerprint density at radius 1 is 1.33 bits per heavy atom. The fourth-order valence-corrected chi connectivity index (χ4v) is 4.76. The number of benzene rings is 1. The molecule has 1 aromatic rings. The van der Waals surface area contributed by atoms with E-state index in [9.17, 15) is 8.42 Å². The number of thiocarbonyl (C=S) groups is 1. The van der Waals surface area contributed by atoms with Gasteiger partial charge in [0.2, 0.25) is 10.0 Å². The van der Waals surface area contributed by atoms with Crippen LogP contribution in [0, 0.1) is 5.92 Å². The average Bonchev–Trinajstić information content (AvgIpc) is 2.41. The molecule has 2 rings (SSSR count). The lowest BCUT2D eigenvalue weighted by atomic mass is 9.91. The van der Waals surface area contributed by atoms with Crippen molar-refractivity contribution >= 4 is 48.8 Å². The largest absolute Gasteiger partial charge is 0.389 e. The van der Waals surface area contributed by atoms with Crippen LogP contribution in [-0.2, 0) is 10.0 Å². The van der Waals surface area contributed by atoms with Gasteiger partial charge >= 0.3 is 0 Å². The highest BCUT2D eigenvalue weighted by Crippen LogP contribution is 2.27. The number of anilines is 1. The molecule has 1 aromatic carbocycles. The van der Waals surface area contributed by atoms with Gasteiger partial charge in [0, 0.05) is 10.0 Å². The van der Waals surface area contributed by atoms with Crippen LogP contribution in [0.3, 0.4) is 0 Å². The van der Waals surface area contributed by atoms with E-state index < -0.39 is 10.0 Å². The number of halogens is 1. The molecule has 1 aliphatic carbocycles. The summed E-state index contributed by atoms with van der Waals surface area (Å²) in [6.45, 7) is 0. The molecule has 1 fully saturated rings. The Labute approximate surface area is 139 Å². The second-order valence-electron chi connectivity index (χ2n) is 5.44. The molecule has 0 saturated heterocycles. The van der Waals surface area contributed by atoms with Gasteiger partial charge in [-0.2, -0.15) is 0 Å². The monoisotopic (exact) mass is 390 g/mol. The minimum absolute atomic E-state index is 0.167. The summed E-state index contributed by atoms with van der Waals surface area (Å²) < 4.78 is 28.1. The van der Waals surface area contributed by atoms with Gasteiger partial charge in [-0.05, 0) is 37.0 Å². The van der Waals surface area contributed by atoms with Crippen molar-refractivity contribution in [2.45, 2.75) is 32.1 Å². The zero-order valence-electron chi connectivity index (χ0n) is 11.6. The third-order valence-electron chi connectivity index (χ3n) is 3.69. The molecular formula is C14H19BrN2O2S2. The number of hydrogen-bond acceptors (Lipinski definition) is 3. The van der Waals surface area contributed by atoms with E-state index in [1.165, 1.54) is 6.42 Å². The molecule has 1 aliphatic rings. The maximum Gasteiger partial charge on any atom is 0.233 e. The van der Waals surface area contributed by atoms with E-state index in [2.05, 4.69) is 20.7 Å². The Kier molecular flexibility index (Phi) is 5.62. The average molecular weight is 391 g/mol. The molecule has 1 saturated carbocycles. The highest BCUT2D eigenvalue weighted by Gasteiger charge is 2.22. The molecule has 0 bridgehead atoms. The van der Waals surface area contributed by atoms with Gasteiger partial charge in [-0.1, -0.05) is 47.4 Å². The molecule has 0 spiro atoms. The fraction of sp³-hybridized carbons (Fsp3) is 0.500. The first kappa shape index (κ1) is 16.7. The van der Waals surface area contributed by atoms with Crippen LogP contribution in [0.25, 0.3) is 0 Å². The lowest BCUT2D eigenvalue weighted by molar-refractivity contribution is 0.385. The van der Waals surface area contributed by atoms with Crippen molar-refractivity contribution in [1.82, 2.24) is 0 Å². The third kappa shape index (κ3) is 4.93. The molecule has 0 radical (unpaired) electrons. The fourth-order valence-electron chi connectivity index (χ4n) is 2.68. The number of sulfonamides is 1. The molecule has 116 valence electrons. The van der Waals surface area contributed by atoms with Gasteiger partial charge in [-0.25, -0.2) is 8.42 Å². The van der Waals surface area contributed by atoms with Gasteiger partial charge in [-0.3, -0.25) is 4.72 Å². The van der Waals surface area contributed by atoms with Gasteiger partial charge in [-0.15, -0.1) is 0 Å². The van der Waals surface area contributed by atoms with E-state index in [4.69, 9.17) is 18.0 Å². The molecule has 4 nitrogen and oxygen atoms in total. The highest BCUT2D eigenvalue weighted by molar-refractivity contribution is 9.10. The first-order valence-corrected chi connectivity index (χ1v) is 9.82. The number of nitrogens with one attached hydrogen (secondary N) is 1. The van der Waals surface area contributed by atoms with Crippen molar-refractivity contribution in [1.29, 1.82) is 0 Å². The molecule has 21 heavy (non-hydrogen) atoms. The van der Waals surface area contributed by atoms with Crippen molar-refractivity contribution in [3.05, 3.63) is 28.2 Å². The maximum absolute atomic E-state index is 12.3. The van der Waals surface area contributed by atoms with Crippen LogP contribution < -0.4 is 10.5 Å². The van der Waals surface area contributed by atoms with Crippen LogP contribution in [0.1, 0.15) is 37.7 Å². The topological polar surface area (TPSA) is 72.2 Å². The quantitative estimate of drug-likeness (QED) is 0.755.